The molecule has 0 aliphatic heterocycles. The molecule has 0 spiro atoms. The average Bonchev–Trinajstić information content (AvgIpc) is 2.85. The van der Waals surface area contributed by atoms with Crippen molar-refractivity contribution in [1.29, 1.82) is 0 Å². The first-order chi connectivity index (χ1) is 9.34. The zero-order valence-electron chi connectivity index (χ0n) is 11.0. The van der Waals surface area contributed by atoms with E-state index in [0.717, 1.165) is 39.0 Å². The third-order valence-electron chi connectivity index (χ3n) is 2.84. The molecule has 0 unspecified atom stereocenters. The van der Waals surface area contributed by atoms with Gasteiger partial charge in [0.1, 0.15) is 5.82 Å². The van der Waals surface area contributed by atoms with Crippen LogP contribution in [0.5, 0.6) is 0 Å². The van der Waals surface area contributed by atoms with Gasteiger partial charge in [-0.2, -0.15) is 5.10 Å². The van der Waals surface area contributed by atoms with Crippen LogP contribution in [0.4, 0.5) is 5.82 Å². The Balaban J connectivity index is 1.48. The minimum Gasteiger partial charge on any atom is -0.382 e. The molecule has 2 N–H and O–H groups in total. The van der Waals surface area contributed by atoms with Crippen molar-refractivity contribution >= 4 is 5.82 Å². The molecule has 0 atom stereocenters. The predicted octanol–water partition coefficient (Wildman–Crippen LogP) is 1.90. The summed E-state index contributed by atoms with van der Waals surface area (Å²) in [4.78, 5) is 4.00. The van der Waals surface area contributed by atoms with Crippen molar-refractivity contribution in [3.8, 4) is 0 Å². The van der Waals surface area contributed by atoms with Crippen LogP contribution in [-0.4, -0.2) is 28.0 Å². The Morgan fingerprint density at radius 3 is 2.63 bits per heavy atom. The van der Waals surface area contributed by atoms with Crippen LogP contribution in [0.25, 0.3) is 0 Å². The molecule has 0 radical (unpaired) electrons. The molecule has 2 aromatic rings. The maximum atomic E-state index is 5.60. The van der Waals surface area contributed by atoms with Crippen LogP contribution < -0.4 is 5.73 Å². The molecule has 2 rings (SSSR count). The van der Waals surface area contributed by atoms with Crippen molar-refractivity contribution in [2.24, 2.45) is 0 Å². The summed E-state index contributed by atoms with van der Waals surface area (Å²) >= 11 is 0. The summed E-state index contributed by atoms with van der Waals surface area (Å²) in [5.41, 5.74) is 6.85. The quantitative estimate of drug-likeness (QED) is 0.736. The van der Waals surface area contributed by atoms with Crippen LogP contribution in [0.2, 0.25) is 0 Å². The summed E-state index contributed by atoms with van der Waals surface area (Å²) in [6.07, 6.45) is 8.57. The van der Waals surface area contributed by atoms with Crippen LogP contribution in [-0.2, 0) is 17.7 Å². The minimum absolute atomic E-state index is 0.568. The average molecular weight is 260 g/mol. The van der Waals surface area contributed by atoms with Gasteiger partial charge < -0.3 is 10.5 Å². The number of hydrogen-bond donors (Lipinski definition) is 1. The zero-order valence-corrected chi connectivity index (χ0v) is 11.0. The Kier molecular flexibility index (Phi) is 5.37. The summed E-state index contributed by atoms with van der Waals surface area (Å²) in [7, 11) is 0. The smallest absolute Gasteiger partial charge is 0.145 e. The molecule has 0 aromatic carbocycles. The molecular weight excluding hydrogens is 240 g/mol. The highest BCUT2D eigenvalue weighted by molar-refractivity contribution is 5.23. The van der Waals surface area contributed by atoms with Crippen molar-refractivity contribution in [2.45, 2.75) is 25.8 Å². The summed E-state index contributed by atoms with van der Waals surface area (Å²) in [5.74, 6) is 0.568. The van der Waals surface area contributed by atoms with E-state index < -0.39 is 0 Å². The van der Waals surface area contributed by atoms with Crippen LogP contribution in [0.1, 0.15) is 18.4 Å². The molecule has 102 valence electrons. The Morgan fingerprint density at radius 1 is 1.11 bits per heavy atom. The lowest BCUT2D eigenvalue weighted by Gasteiger charge is -2.04. The molecule has 0 saturated carbocycles. The number of ether oxygens (including phenoxy) is 1. The summed E-state index contributed by atoms with van der Waals surface area (Å²) in [5, 5.41) is 4.12. The second kappa shape index (κ2) is 7.53. The van der Waals surface area contributed by atoms with Gasteiger partial charge in [-0.05, 0) is 43.0 Å². The van der Waals surface area contributed by atoms with Gasteiger partial charge in [-0.15, -0.1) is 0 Å². The number of nitrogens with zero attached hydrogens (tertiary/aromatic N) is 3. The fraction of sp³-hybridized carbons (Fsp3) is 0.429. The van der Waals surface area contributed by atoms with E-state index in [1.54, 1.807) is 6.07 Å². The normalized spacial score (nSPS) is 10.7. The lowest BCUT2D eigenvalue weighted by molar-refractivity contribution is 0.126. The maximum absolute atomic E-state index is 5.60. The van der Waals surface area contributed by atoms with E-state index in [4.69, 9.17) is 10.5 Å². The first kappa shape index (κ1) is 13.5. The lowest BCUT2D eigenvalue weighted by atomic mass is 10.1. The first-order valence-electron chi connectivity index (χ1n) is 6.60. The van der Waals surface area contributed by atoms with Gasteiger partial charge in [0.15, 0.2) is 0 Å². The van der Waals surface area contributed by atoms with E-state index in [2.05, 4.69) is 10.1 Å². The Labute approximate surface area is 113 Å². The number of pyridine rings is 1. The van der Waals surface area contributed by atoms with Crippen molar-refractivity contribution in [3.63, 3.8) is 0 Å². The number of rotatable bonds is 8. The van der Waals surface area contributed by atoms with Crippen molar-refractivity contribution in [3.05, 3.63) is 42.4 Å². The van der Waals surface area contributed by atoms with Gasteiger partial charge in [-0.25, -0.2) is 0 Å². The van der Waals surface area contributed by atoms with Crippen molar-refractivity contribution in [1.82, 2.24) is 14.8 Å². The number of aryl methyl sites for hydroxylation is 2. The lowest BCUT2D eigenvalue weighted by Crippen LogP contribution is -2.05. The number of nitrogen functional groups attached to an aromatic ring is 1. The highest BCUT2D eigenvalue weighted by Gasteiger charge is 1.96. The monoisotopic (exact) mass is 260 g/mol. The third-order valence-corrected chi connectivity index (χ3v) is 2.84. The topological polar surface area (TPSA) is 66.0 Å². The van der Waals surface area contributed by atoms with Crippen molar-refractivity contribution in [2.75, 3.05) is 18.9 Å². The van der Waals surface area contributed by atoms with Gasteiger partial charge in [0.2, 0.25) is 0 Å². The third kappa shape index (κ3) is 5.09. The minimum atomic E-state index is 0.568. The summed E-state index contributed by atoms with van der Waals surface area (Å²) in [6, 6.07) is 5.89. The second-order valence-electron chi connectivity index (χ2n) is 4.43. The van der Waals surface area contributed by atoms with E-state index in [1.165, 1.54) is 5.56 Å². The van der Waals surface area contributed by atoms with Gasteiger partial charge in [-0.1, -0.05) is 0 Å². The number of aromatic nitrogens is 3. The van der Waals surface area contributed by atoms with Gasteiger partial charge >= 0.3 is 0 Å². The molecule has 2 heterocycles. The molecule has 0 bridgehead atoms. The Hall–Kier alpha value is -1.88. The SMILES string of the molecule is Nc1ccn(CCCOCCCc2ccncc2)n1. The molecule has 0 amide bonds. The van der Waals surface area contributed by atoms with E-state index in [0.29, 0.717) is 5.82 Å². The molecule has 0 aliphatic carbocycles. The van der Waals surface area contributed by atoms with Gasteiger partial charge in [0, 0.05) is 38.3 Å². The van der Waals surface area contributed by atoms with E-state index in [1.807, 2.05) is 35.4 Å². The molecule has 2 aromatic heterocycles. The molecular formula is C14H20N4O. The van der Waals surface area contributed by atoms with Crippen LogP contribution in [0.3, 0.4) is 0 Å². The highest BCUT2D eigenvalue weighted by atomic mass is 16.5. The molecule has 0 fully saturated rings. The Morgan fingerprint density at radius 2 is 1.89 bits per heavy atom. The van der Waals surface area contributed by atoms with E-state index >= 15 is 0 Å². The van der Waals surface area contributed by atoms with Gasteiger partial charge in [-0.3, -0.25) is 9.67 Å². The van der Waals surface area contributed by atoms with E-state index in [-0.39, 0.29) is 0 Å². The Bertz CT molecular complexity index is 469. The fourth-order valence-corrected chi connectivity index (χ4v) is 1.86. The van der Waals surface area contributed by atoms with Gasteiger partial charge in [0.25, 0.3) is 0 Å². The maximum Gasteiger partial charge on any atom is 0.145 e. The summed E-state index contributed by atoms with van der Waals surface area (Å²) < 4.78 is 7.44. The first-order valence-corrected chi connectivity index (χ1v) is 6.60. The molecule has 19 heavy (non-hydrogen) atoms. The highest BCUT2D eigenvalue weighted by Crippen LogP contribution is 2.01. The number of nitrogens with two attached hydrogens (primary N) is 1. The molecule has 5 heteroatoms. The summed E-state index contributed by atoms with van der Waals surface area (Å²) in [6.45, 7) is 2.40. The molecule has 0 aliphatic rings. The van der Waals surface area contributed by atoms with Crippen LogP contribution in [0.15, 0.2) is 36.8 Å². The fourth-order valence-electron chi connectivity index (χ4n) is 1.86. The van der Waals surface area contributed by atoms with Crippen LogP contribution in [0, 0.1) is 0 Å². The number of hydrogen-bond acceptors (Lipinski definition) is 4. The molecule has 0 saturated heterocycles. The van der Waals surface area contributed by atoms with Crippen molar-refractivity contribution < 1.29 is 4.74 Å². The van der Waals surface area contributed by atoms with Gasteiger partial charge in [0.05, 0.1) is 0 Å². The van der Waals surface area contributed by atoms with Crippen LogP contribution >= 0.6 is 0 Å². The largest absolute Gasteiger partial charge is 0.382 e. The predicted molar refractivity (Wildman–Crippen MR) is 74.6 cm³/mol. The standard InChI is InChI=1S/C14H20N4O/c15-14-6-10-18(17-14)9-2-12-19-11-1-3-13-4-7-16-8-5-13/h4-8,10H,1-3,9,11-12H2,(H2,15,17). The zero-order chi connectivity index (χ0) is 13.3. The second-order valence-corrected chi connectivity index (χ2v) is 4.43. The molecule has 5 nitrogen and oxygen atoms in total. The van der Waals surface area contributed by atoms with E-state index in [9.17, 15) is 0 Å². The number of anilines is 1.